The van der Waals surface area contributed by atoms with Crippen LogP contribution in [0.15, 0.2) is 12.3 Å². The topological polar surface area (TPSA) is 112 Å². The van der Waals surface area contributed by atoms with Crippen LogP contribution < -0.4 is 10.6 Å². The summed E-state index contributed by atoms with van der Waals surface area (Å²) in [5, 5.41) is 19.2. The Morgan fingerprint density at radius 1 is 1.38 bits per heavy atom. The molecule has 3 N–H and O–H groups in total. The number of carbonyl (C=O) groups is 2. The average molecular weight is 334 g/mol. The van der Waals surface area contributed by atoms with Gasteiger partial charge >= 0.3 is 5.97 Å². The van der Waals surface area contributed by atoms with E-state index in [1.807, 2.05) is 19.0 Å². The molecular weight excluding hydrogens is 312 g/mol. The number of carbonyl (C=O) groups excluding carboxylic acids is 1. The summed E-state index contributed by atoms with van der Waals surface area (Å²) in [5.41, 5.74) is 0.906. The van der Waals surface area contributed by atoms with Crippen molar-refractivity contribution < 1.29 is 14.7 Å². The minimum absolute atomic E-state index is 0.107. The summed E-state index contributed by atoms with van der Waals surface area (Å²) in [6.07, 6.45) is 1.56. The van der Waals surface area contributed by atoms with E-state index in [4.69, 9.17) is 0 Å². The van der Waals surface area contributed by atoms with E-state index in [1.165, 1.54) is 10.6 Å². The number of hydrogen-bond acceptors (Lipinski definition) is 6. The smallest absolute Gasteiger partial charge is 0.337 e. The summed E-state index contributed by atoms with van der Waals surface area (Å²) in [5.74, 6) is -1.31. The first-order chi connectivity index (χ1) is 11.3. The molecule has 0 aromatic carbocycles. The van der Waals surface area contributed by atoms with E-state index >= 15 is 0 Å². The van der Waals surface area contributed by atoms with Crippen molar-refractivity contribution in [1.82, 2.24) is 19.5 Å². The van der Waals surface area contributed by atoms with Gasteiger partial charge in [0.05, 0.1) is 17.4 Å². The number of anilines is 2. The van der Waals surface area contributed by atoms with Gasteiger partial charge in [-0.3, -0.25) is 10.1 Å². The summed E-state index contributed by atoms with van der Waals surface area (Å²) in [6.45, 7) is 4.87. The van der Waals surface area contributed by atoms with Crippen LogP contribution >= 0.6 is 0 Å². The molecule has 1 amide bonds. The molecule has 0 bridgehead atoms. The van der Waals surface area contributed by atoms with Crippen LogP contribution in [0.5, 0.6) is 0 Å². The van der Waals surface area contributed by atoms with Crippen molar-refractivity contribution in [3.8, 4) is 0 Å². The molecule has 2 aromatic heterocycles. The average Bonchev–Trinajstić information content (AvgIpc) is 2.86. The zero-order valence-corrected chi connectivity index (χ0v) is 14.2. The molecule has 0 saturated carbocycles. The first-order valence-electron chi connectivity index (χ1n) is 7.61. The zero-order chi connectivity index (χ0) is 17.9. The number of nitrogens with one attached hydrogen (secondary N) is 2. The van der Waals surface area contributed by atoms with E-state index in [-0.39, 0.29) is 23.3 Å². The van der Waals surface area contributed by atoms with E-state index in [2.05, 4.69) is 20.7 Å². The molecule has 0 aliphatic rings. The maximum atomic E-state index is 11.7. The zero-order valence-electron chi connectivity index (χ0n) is 14.2. The van der Waals surface area contributed by atoms with Crippen molar-refractivity contribution in [2.75, 3.05) is 37.8 Å². The molecule has 0 fully saturated rings. The lowest BCUT2D eigenvalue weighted by molar-refractivity contribution is -0.118. The number of likely N-dealkylation sites (N-methyl/N-ethyl adjacent to an activating group) is 1. The molecular formula is C15H22N6O3. The summed E-state index contributed by atoms with van der Waals surface area (Å²) in [4.78, 5) is 29.3. The van der Waals surface area contributed by atoms with Gasteiger partial charge in [-0.1, -0.05) is 13.8 Å². The van der Waals surface area contributed by atoms with Crippen molar-refractivity contribution >= 4 is 29.2 Å². The van der Waals surface area contributed by atoms with Gasteiger partial charge in [-0.05, 0) is 20.2 Å². The third-order valence-electron chi connectivity index (χ3n) is 3.34. The lowest BCUT2D eigenvalue weighted by Gasteiger charge is -2.13. The highest BCUT2D eigenvalue weighted by Crippen LogP contribution is 2.18. The molecule has 2 rings (SSSR count). The second kappa shape index (κ2) is 7.26. The summed E-state index contributed by atoms with van der Waals surface area (Å²) < 4.78 is 1.44. The normalized spacial score (nSPS) is 11.2. The third kappa shape index (κ3) is 4.19. The van der Waals surface area contributed by atoms with Crippen LogP contribution in [0.4, 0.5) is 11.6 Å². The Bertz CT molecular complexity index is 753. The van der Waals surface area contributed by atoms with Crippen LogP contribution in [0.3, 0.4) is 0 Å². The van der Waals surface area contributed by atoms with Crippen molar-refractivity contribution in [3.63, 3.8) is 0 Å². The molecule has 2 heterocycles. The second-order valence-electron chi connectivity index (χ2n) is 6.02. The largest absolute Gasteiger partial charge is 0.478 e. The Labute approximate surface area is 139 Å². The monoisotopic (exact) mass is 334 g/mol. The van der Waals surface area contributed by atoms with E-state index in [9.17, 15) is 14.7 Å². The van der Waals surface area contributed by atoms with Crippen LogP contribution in [0.2, 0.25) is 0 Å². The summed E-state index contributed by atoms with van der Waals surface area (Å²) in [6, 6.07) is 1.43. The van der Waals surface area contributed by atoms with Crippen LogP contribution in [0.1, 0.15) is 24.2 Å². The standard InChI is InChI=1S/C15H22N6O3/c1-9(2)13(22)18-15-17-12-7-10(14(23)24)11(8-21(12)19-15)16-5-6-20(3)4/h7-9,16H,5-6H2,1-4H3,(H,23,24)(H,18,19,22). The highest BCUT2D eigenvalue weighted by atomic mass is 16.4. The first-order valence-corrected chi connectivity index (χ1v) is 7.61. The van der Waals surface area contributed by atoms with Gasteiger partial charge in [0.25, 0.3) is 0 Å². The van der Waals surface area contributed by atoms with Crippen molar-refractivity contribution in [2.24, 2.45) is 5.92 Å². The molecule has 9 heteroatoms. The number of hydrogen-bond donors (Lipinski definition) is 3. The van der Waals surface area contributed by atoms with Gasteiger partial charge < -0.3 is 15.3 Å². The Kier molecular flexibility index (Phi) is 5.35. The van der Waals surface area contributed by atoms with E-state index < -0.39 is 5.97 Å². The molecule has 0 radical (unpaired) electrons. The fraction of sp³-hybridized carbons (Fsp3) is 0.467. The number of pyridine rings is 1. The third-order valence-corrected chi connectivity index (χ3v) is 3.34. The van der Waals surface area contributed by atoms with Gasteiger partial charge in [0.2, 0.25) is 11.9 Å². The Morgan fingerprint density at radius 2 is 2.08 bits per heavy atom. The van der Waals surface area contributed by atoms with Gasteiger partial charge in [-0.2, -0.15) is 4.98 Å². The molecule has 9 nitrogen and oxygen atoms in total. The fourth-order valence-corrected chi connectivity index (χ4v) is 1.97. The molecule has 2 aromatic rings. The number of aromatic nitrogens is 3. The highest BCUT2D eigenvalue weighted by molar-refractivity contribution is 5.95. The number of aromatic carboxylic acids is 1. The minimum atomic E-state index is -1.05. The van der Waals surface area contributed by atoms with Crippen LogP contribution in [-0.4, -0.2) is 63.7 Å². The van der Waals surface area contributed by atoms with Crippen LogP contribution in [0.25, 0.3) is 5.65 Å². The van der Waals surface area contributed by atoms with Crippen LogP contribution in [0, 0.1) is 5.92 Å². The molecule has 0 aliphatic heterocycles. The van der Waals surface area contributed by atoms with E-state index in [1.54, 1.807) is 20.0 Å². The molecule has 0 aliphatic carbocycles. The fourth-order valence-electron chi connectivity index (χ4n) is 1.97. The Morgan fingerprint density at radius 3 is 2.67 bits per heavy atom. The predicted octanol–water partition coefficient (Wildman–Crippen LogP) is 0.995. The van der Waals surface area contributed by atoms with Gasteiger partial charge in [-0.25, -0.2) is 9.31 Å². The van der Waals surface area contributed by atoms with Gasteiger partial charge in [-0.15, -0.1) is 5.10 Å². The van der Waals surface area contributed by atoms with E-state index in [0.717, 1.165) is 6.54 Å². The molecule has 0 atom stereocenters. The molecule has 0 saturated heterocycles. The van der Waals surface area contributed by atoms with Crippen molar-refractivity contribution in [3.05, 3.63) is 17.8 Å². The number of fused-ring (bicyclic) bond motifs is 1. The number of rotatable bonds is 7. The summed E-state index contributed by atoms with van der Waals surface area (Å²) >= 11 is 0. The highest BCUT2D eigenvalue weighted by Gasteiger charge is 2.16. The summed E-state index contributed by atoms with van der Waals surface area (Å²) in [7, 11) is 3.87. The SMILES string of the molecule is CC(C)C(=O)Nc1nc2cc(C(=O)O)c(NCCN(C)C)cn2n1. The van der Waals surface area contributed by atoms with Gasteiger partial charge in [0, 0.05) is 19.0 Å². The first kappa shape index (κ1) is 17.7. The number of nitrogens with zero attached hydrogens (tertiary/aromatic N) is 4. The van der Waals surface area contributed by atoms with E-state index in [0.29, 0.717) is 17.9 Å². The molecule has 0 spiro atoms. The molecule has 0 unspecified atom stereocenters. The molecule has 130 valence electrons. The maximum Gasteiger partial charge on any atom is 0.337 e. The van der Waals surface area contributed by atoms with Crippen LogP contribution in [-0.2, 0) is 4.79 Å². The lowest BCUT2D eigenvalue weighted by Crippen LogP contribution is -2.21. The number of amides is 1. The lowest BCUT2D eigenvalue weighted by atomic mass is 10.2. The van der Waals surface area contributed by atoms with Crippen molar-refractivity contribution in [1.29, 1.82) is 0 Å². The predicted molar refractivity (Wildman–Crippen MR) is 90.5 cm³/mol. The number of carboxylic acid groups (broad SMARTS) is 1. The Hall–Kier alpha value is -2.68. The minimum Gasteiger partial charge on any atom is -0.478 e. The maximum absolute atomic E-state index is 11.7. The van der Waals surface area contributed by atoms with Gasteiger partial charge in [0.1, 0.15) is 0 Å². The van der Waals surface area contributed by atoms with Crippen molar-refractivity contribution in [2.45, 2.75) is 13.8 Å². The quantitative estimate of drug-likeness (QED) is 0.692. The molecule has 24 heavy (non-hydrogen) atoms. The second-order valence-corrected chi connectivity index (χ2v) is 6.02. The number of carboxylic acids is 1. The van der Waals surface area contributed by atoms with Gasteiger partial charge in [0.15, 0.2) is 5.65 Å². The Balaban J connectivity index is 2.30.